The van der Waals surface area contributed by atoms with Gasteiger partial charge in [0.1, 0.15) is 0 Å². The maximum atomic E-state index is 13.3. The van der Waals surface area contributed by atoms with E-state index in [1.165, 1.54) is 4.31 Å². The van der Waals surface area contributed by atoms with Crippen LogP contribution in [0.1, 0.15) is 11.3 Å². The van der Waals surface area contributed by atoms with Crippen molar-refractivity contribution < 1.29 is 13.2 Å². The summed E-state index contributed by atoms with van der Waals surface area (Å²) >= 11 is 12.2. The van der Waals surface area contributed by atoms with Crippen molar-refractivity contribution in [3.8, 4) is 11.1 Å². The van der Waals surface area contributed by atoms with E-state index in [4.69, 9.17) is 27.9 Å². The zero-order valence-corrected chi connectivity index (χ0v) is 19.4. The Morgan fingerprint density at radius 3 is 2.28 bits per heavy atom. The molecular formula is C22H20Cl2N4O3S. The topological polar surface area (TPSA) is 75.6 Å². The first-order chi connectivity index (χ1) is 15.4. The number of benzene rings is 2. The fraction of sp³-hybridized carbons (Fsp3) is 0.273. The summed E-state index contributed by atoms with van der Waals surface area (Å²) in [6, 6.07) is 12.0. The first kappa shape index (κ1) is 21.6. The highest BCUT2D eigenvalue weighted by atomic mass is 35.5. The molecule has 5 rings (SSSR count). The molecular weight excluding hydrogens is 471 g/mol. The summed E-state index contributed by atoms with van der Waals surface area (Å²) in [5, 5.41) is 1.05. The molecule has 0 N–H and O–H groups in total. The second-order valence-electron chi connectivity index (χ2n) is 7.70. The second kappa shape index (κ2) is 8.61. The average molecular weight is 491 g/mol. The van der Waals surface area contributed by atoms with E-state index in [0.29, 0.717) is 29.2 Å². The van der Waals surface area contributed by atoms with E-state index in [-0.39, 0.29) is 18.0 Å². The van der Waals surface area contributed by atoms with Crippen LogP contribution in [0.5, 0.6) is 0 Å². The third kappa shape index (κ3) is 4.21. The Bertz CT molecular complexity index is 1240. The highest BCUT2D eigenvalue weighted by Gasteiger charge is 2.32. The van der Waals surface area contributed by atoms with Gasteiger partial charge in [-0.2, -0.15) is 4.31 Å². The standard InChI is InChI=1S/C22H20Cl2N4O3S/c23-18-9-16(10-19(24)11-18)15-1-3-20(4-2-15)32(29,30)28-13-17-12-25-22(26-21(17)14-28)27-5-7-31-8-6-27/h1-4,9-12H,5-8,13-14H2. The number of hydrogen-bond acceptors (Lipinski definition) is 6. The molecule has 166 valence electrons. The van der Waals surface area contributed by atoms with Gasteiger partial charge >= 0.3 is 0 Å². The Hall–Kier alpha value is -2.23. The molecule has 2 aliphatic rings. The van der Waals surface area contributed by atoms with Crippen LogP contribution in [0.15, 0.2) is 53.6 Å². The van der Waals surface area contributed by atoms with E-state index in [0.717, 1.165) is 35.5 Å². The molecule has 0 saturated carbocycles. The largest absolute Gasteiger partial charge is 0.378 e. The molecule has 3 aromatic rings. The first-order valence-electron chi connectivity index (χ1n) is 10.1. The maximum Gasteiger partial charge on any atom is 0.243 e. The summed E-state index contributed by atoms with van der Waals surface area (Å²) in [7, 11) is -3.68. The second-order valence-corrected chi connectivity index (χ2v) is 10.5. The summed E-state index contributed by atoms with van der Waals surface area (Å²) in [5.74, 6) is 0.621. The van der Waals surface area contributed by atoms with Gasteiger partial charge in [0, 0.05) is 41.4 Å². The number of morpholine rings is 1. The summed E-state index contributed by atoms with van der Waals surface area (Å²) < 4.78 is 33.3. The van der Waals surface area contributed by atoms with Crippen LogP contribution in [0.3, 0.4) is 0 Å². The van der Waals surface area contributed by atoms with E-state index >= 15 is 0 Å². The van der Waals surface area contributed by atoms with Crippen LogP contribution in [0, 0.1) is 0 Å². The normalized spacial score (nSPS) is 16.9. The van der Waals surface area contributed by atoms with Crippen LogP contribution in [0.25, 0.3) is 11.1 Å². The number of hydrogen-bond donors (Lipinski definition) is 0. The Morgan fingerprint density at radius 1 is 0.906 bits per heavy atom. The van der Waals surface area contributed by atoms with E-state index in [9.17, 15) is 8.42 Å². The molecule has 1 saturated heterocycles. The molecule has 7 nitrogen and oxygen atoms in total. The zero-order chi connectivity index (χ0) is 22.3. The van der Waals surface area contributed by atoms with Crippen LogP contribution < -0.4 is 4.90 Å². The highest BCUT2D eigenvalue weighted by Crippen LogP contribution is 2.31. The zero-order valence-electron chi connectivity index (χ0n) is 17.0. The fourth-order valence-corrected chi connectivity index (χ4v) is 5.79. The number of ether oxygens (including phenoxy) is 1. The number of nitrogens with zero attached hydrogens (tertiary/aromatic N) is 4. The summed E-state index contributed by atoms with van der Waals surface area (Å²) in [4.78, 5) is 11.4. The summed E-state index contributed by atoms with van der Waals surface area (Å²) in [6.07, 6.45) is 1.73. The molecule has 1 fully saturated rings. The van der Waals surface area contributed by atoms with E-state index in [1.54, 1.807) is 48.7 Å². The number of aromatic nitrogens is 2. The lowest BCUT2D eigenvalue weighted by atomic mass is 10.1. The molecule has 2 aliphatic heterocycles. The SMILES string of the molecule is O=S(=O)(c1ccc(-c2cc(Cl)cc(Cl)c2)cc1)N1Cc2cnc(N3CCOCC3)nc2C1. The smallest absolute Gasteiger partial charge is 0.243 e. The molecule has 0 atom stereocenters. The quantitative estimate of drug-likeness (QED) is 0.550. The van der Waals surface area contributed by atoms with Gasteiger partial charge in [-0.3, -0.25) is 0 Å². The fourth-order valence-electron chi connectivity index (χ4n) is 3.89. The van der Waals surface area contributed by atoms with Gasteiger partial charge in [-0.15, -0.1) is 0 Å². The third-order valence-electron chi connectivity index (χ3n) is 5.60. The van der Waals surface area contributed by atoms with Crippen LogP contribution in [-0.4, -0.2) is 49.0 Å². The first-order valence-corrected chi connectivity index (χ1v) is 12.3. The lowest BCUT2D eigenvalue weighted by Crippen LogP contribution is -2.37. The predicted molar refractivity (Wildman–Crippen MR) is 123 cm³/mol. The maximum absolute atomic E-state index is 13.3. The van der Waals surface area contributed by atoms with E-state index in [1.807, 2.05) is 0 Å². The van der Waals surface area contributed by atoms with Crippen molar-refractivity contribution in [3.05, 3.63) is 70.0 Å². The van der Waals surface area contributed by atoms with Crippen LogP contribution in [-0.2, 0) is 27.8 Å². The van der Waals surface area contributed by atoms with Crippen molar-refractivity contribution in [3.63, 3.8) is 0 Å². The van der Waals surface area contributed by atoms with E-state index in [2.05, 4.69) is 14.9 Å². The van der Waals surface area contributed by atoms with Crippen LogP contribution >= 0.6 is 23.2 Å². The predicted octanol–water partition coefficient (Wildman–Crippen LogP) is 3.99. The van der Waals surface area contributed by atoms with Gasteiger partial charge in [0.25, 0.3) is 0 Å². The molecule has 0 radical (unpaired) electrons. The number of fused-ring (bicyclic) bond motifs is 1. The van der Waals surface area contributed by atoms with Crippen molar-refractivity contribution in [1.82, 2.24) is 14.3 Å². The molecule has 0 amide bonds. The number of rotatable bonds is 4. The van der Waals surface area contributed by atoms with Crippen molar-refractivity contribution in [2.75, 3.05) is 31.2 Å². The van der Waals surface area contributed by atoms with Crippen molar-refractivity contribution >= 4 is 39.2 Å². The minimum atomic E-state index is -3.68. The Kier molecular flexibility index (Phi) is 5.81. The van der Waals surface area contributed by atoms with Crippen LogP contribution in [0.4, 0.5) is 5.95 Å². The summed E-state index contributed by atoms with van der Waals surface area (Å²) in [6.45, 7) is 3.21. The lowest BCUT2D eigenvalue weighted by molar-refractivity contribution is 0.122. The minimum absolute atomic E-state index is 0.225. The Labute approximate surface area is 196 Å². The van der Waals surface area contributed by atoms with Gasteiger partial charge < -0.3 is 9.64 Å². The molecule has 1 aromatic heterocycles. The van der Waals surface area contributed by atoms with Gasteiger partial charge in [-0.05, 0) is 41.5 Å². The number of sulfonamides is 1. The van der Waals surface area contributed by atoms with Crippen molar-refractivity contribution in [2.24, 2.45) is 0 Å². The van der Waals surface area contributed by atoms with Gasteiger partial charge in [0.2, 0.25) is 16.0 Å². The van der Waals surface area contributed by atoms with Gasteiger partial charge in [-0.25, -0.2) is 18.4 Å². The lowest BCUT2D eigenvalue weighted by Gasteiger charge is -2.26. The molecule has 3 heterocycles. The Morgan fingerprint density at radius 2 is 1.59 bits per heavy atom. The molecule has 10 heteroatoms. The molecule has 0 unspecified atom stereocenters. The van der Waals surface area contributed by atoms with Gasteiger partial charge in [0.05, 0.1) is 30.3 Å². The molecule has 32 heavy (non-hydrogen) atoms. The molecule has 0 bridgehead atoms. The average Bonchev–Trinajstić information content (AvgIpc) is 3.23. The monoisotopic (exact) mass is 490 g/mol. The molecule has 0 aliphatic carbocycles. The van der Waals surface area contributed by atoms with Gasteiger partial charge in [0.15, 0.2) is 0 Å². The number of halogens is 2. The summed E-state index contributed by atoms with van der Waals surface area (Å²) in [5.41, 5.74) is 3.23. The highest BCUT2D eigenvalue weighted by molar-refractivity contribution is 7.89. The van der Waals surface area contributed by atoms with E-state index < -0.39 is 10.0 Å². The minimum Gasteiger partial charge on any atom is -0.378 e. The van der Waals surface area contributed by atoms with Crippen molar-refractivity contribution in [1.29, 1.82) is 0 Å². The van der Waals surface area contributed by atoms with Gasteiger partial charge in [-0.1, -0.05) is 35.3 Å². The Balaban J connectivity index is 1.36. The van der Waals surface area contributed by atoms with Crippen molar-refractivity contribution in [2.45, 2.75) is 18.0 Å². The van der Waals surface area contributed by atoms with Crippen LogP contribution in [0.2, 0.25) is 10.0 Å². The molecule has 2 aromatic carbocycles. The number of anilines is 1. The molecule has 0 spiro atoms. The third-order valence-corrected chi connectivity index (χ3v) is 7.84.